The van der Waals surface area contributed by atoms with Crippen molar-refractivity contribution < 1.29 is 29.6 Å². The van der Waals surface area contributed by atoms with Crippen molar-refractivity contribution in [2.75, 3.05) is 18.9 Å². The standard InChI is InChI=1S/C9H12N4O3.C4H6O4/c10-7-3-6-8(9(15)12-7)11-4-13(6)5-16-2-1-14;5-3(6)1-2-4(7)8/h3-4,14H,1-2,5H2,(H3,10,12,15);1-2H2,(H,5,6)(H,7,8). The lowest BCUT2D eigenvalue weighted by Crippen LogP contribution is -2.10. The first-order chi connectivity index (χ1) is 11.3. The molecule has 0 saturated heterocycles. The zero-order chi connectivity index (χ0) is 18.1. The molecule has 0 aromatic carbocycles. The average Bonchev–Trinajstić information content (AvgIpc) is 2.89. The van der Waals surface area contributed by atoms with Crippen LogP contribution in [0.1, 0.15) is 12.8 Å². The van der Waals surface area contributed by atoms with Gasteiger partial charge in [0.1, 0.15) is 12.5 Å². The molecule has 0 aliphatic carbocycles. The number of nitrogens with two attached hydrogens (primary N) is 1. The molecule has 0 amide bonds. The Morgan fingerprint density at radius 3 is 2.46 bits per heavy atom. The van der Waals surface area contributed by atoms with Crippen molar-refractivity contribution in [3.05, 3.63) is 22.7 Å². The Bertz CT molecular complexity index is 738. The number of rotatable bonds is 7. The van der Waals surface area contributed by atoms with Crippen molar-refractivity contribution >= 4 is 28.8 Å². The normalized spacial score (nSPS) is 10.2. The molecule has 24 heavy (non-hydrogen) atoms. The van der Waals surface area contributed by atoms with Crippen LogP contribution in [0.4, 0.5) is 5.82 Å². The largest absolute Gasteiger partial charge is 0.481 e. The number of hydrogen-bond donors (Lipinski definition) is 5. The lowest BCUT2D eigenvalue weighted by atomic mass is 10.3. The molecule has 0 saturated carbocycles. The summed E-state index contributed by atoms with van der Waals surface area (Å²) in [7, 11) is 0. The highest BCUT2D eigenvalue weighted by molar-refractivity contribution is 5.76. The third-order valence-corrected chi connectivity index (χ3v) is 2.66. The number of hydrogen-bond acceptors (Lipinski definition) is 7. The van der Waals surface area contributed by atoms with E-state index in [0.717, 1.165) is 0 Å². The lowest BCUT2D eigenvalue weighted by molar-refractivity contribution is -0.143. The van der Waals surface area contributed by atoms with Crippen molar-refractivity contribution in [2.45, 2.75) is 19.6 Å². The van der Waals surface area contributed by atoms with Gasteiger partial charge in [-0.15, -0.1) is 0 Å². The molecule has 0 aliphatic rings. The van der Waals surface area contributed by atoms with Gasteiger partial charge in [-0.05, 0) is 0 Å². The first-order valence-electron chi connectivity index (χ1n) is 6.81. The van der Waals surface area contributed by atoms with Crippen LogP contribution in [0.15, 0.2) is 17.2 Å². The van der Waals surface area contributed by atoms with Crippen molar-refractivity contribution in [1.82, 2.24) is 14.5 Å². The van der Waals surface area contributed by atoms with Crippen molar-refractivity contribution in [2.24, 2.45) is 0 Å². The van der Waals surface area contributed by atoms with E-state index in [4.69, 9.17) is 25.8 Å². The van der Waals surface area contributed by atoms with Gasteiger partial charge in [0, 0.05) is 6.07 Å². The third-order valence-electron chi connectivity index (χ3n) is 2.66. The number of imidazole rings is 1. The fraction of sp³-hybridized carbons (Fsp3) is 0.385. The number of nitrogens with one attached hydrogen (secondary N) is 1. The van der Waals surface area contributed by atoms with E-state index < -0.39 is 11.9 Å². The molecule has 0 bridgehead atoms. The number of aliphatic hydroxyl groups excluding tert-OH is 1. The predicted molar refractivity (Wildman–Crippen MR) is 82.3 cm³/mol. The Morgan fingerprint density at radius 1 is 1.29 bits per heavy atom. The van der Waals surface area contributed by atoms with Crippen LogP contribution >= 0.6 is 0 Å². The minimum absolute atomic E-state index is 0.0463. The number of aromatic nitrogens is 3. The van der Waals surface area contributed by atoms with Crippen LogP contribution in [0.2, 0.25) is 0 Å². The van der Waals surface area contributed by atoms with Crippen LogP contribution < -0.4 is 11.3 Å². The van der Waals surface area contributed by atoms with Crippen LogP contribution in [0.3, 0.4) is 0 Å². The summed E-state index contributed by atoms with van der Waals surface area (Å²) in [4.78, 5) is 37.1. The monoisotopic (exact) mass is 342 g/mol. The van der Waals surface area contributed by atoms with E-state index >= 15 is 0 Å². The molecule has 0 atom stereocenters. The Labute approximate surface area is 135 Å². The fourth-order valence-electron chi connectivity index (χ4n) is 1.64. The van der Waals surface area contributed by atoms with Gasteiger partial charge in [0.15, 0.2) is 5.52 Å². The number of pyridine rings is 1. The van der Waals surface area contributed by atoms with Crippen molar-refractivity contribution in [1.29, 1.82) is 0 Å². The summed E-state index contributed by atoms with van der Waals surface area (Å²) in [6, 6.07) is 1.62. The molecule has 0 unspecified atom stereocenters. The van der Waals surface area contributed by atoms with Gasteiger partial charge in [-0.25, -0.2) is 4.98 Å². The molecule has 2 rings (SSSR count). The highest BCUT2D eigenvalue weighted by Crippen LogP contribution is 2.10. The van der Waals surface area contributed by atoms with Crippen LogP contribution in [-0.4, -0.2) is 55.0 Å². The van der Waals surface area contributed by atoms with Crippen LogP contribution in [-0.2, 0) is 21.1 Å². The maximum atomic E-state index is 11.5. The summed E-state index contributed by atoms with van der Waals surface area (Å²) in [5.41, 5.74) is 6.14. The van der Waals surface area contributed by atoms with E-state index in [1.807, 2.05) is 0 Å². The Hall–Kier alpha value is -2.92. The van der Waals surface area contributed by atoms with E-state index in [1.165, 1.54) is 6.33 Å². The molecule has 0 spiro atoms. The topological polar surface area (TPSA) is 181 Å². The van der Waals surface area contributed by atoms with Gasteiger partial charge in [-0.3, -0.25) is 14.4 Å². The lowest BCUT2D eigenvalue weighted by Gasteiger charge is -2.04. The molecular formula is C13H18N4O7. The molecule has 0 radical (unpaired) electrons. The quantitative estimate of drug-likeness (QED) is 0.403. The van der Waals surface area contributed by atoms with E-state index in [9.17, 15) is 14.4 Å². The van der Waals surface area contributed by atoms with Crippen molar-refractivity contribution in [3.8, 4) is 0 Å². The maximum absolute atomic E-state index is 11.5. The molecule has 0 fully saturated rings. The van der Waals surface area contributed by atoms with E-state index in [0.29, 0.717) is 11.0 Å². The summed E-state index contributed by atoms with van der Waals surface area (Å²) in [6.07, 6.45) is 0.904. The van der Waals surface area contributed by atoms with Gasteiger partial charge in [0.25, 0.3) is 5.56 Å². The molecule has 2 aromatic heterocycles. The van der Waals surface area contributed by atoms with E-state index in [2.05, 4.69) is 9.97 Å². The SMILES string of the molecule is Nc1cc2c(ncn2COCCO)c(=O)[nH]1.O=C(O)CCC(=O)O. The molecule has 6 N–H and O–H groups in total. The number of nitrogen functional groups attached to an aromatic ring is 1. The molecule has 2 aromatic rings. The second-order valence-electron chi connectivity index (χ2n) is 4.55. The number of carboxylic acid groups (broad SMARTS) is 2. The number of nitrogens with zero attached hydrogens (tertiary/aromatic N) is 2. The molecular weight excluding hydrogens is 324 g/mol. The van der Waals surface area contributed by atoms with E-state index in [1.54, 1.807) is 10.6 Å². The average molecular weight is 342 g/mol. The number of aromatic amines is 1. The zero-order valence-corrected chi connectivity index (χ0v) is 12.6. The number of fused-ring (bicyclic) bond motifs is 1. The summed E-state index contributed by atoms with van der Waals surface area (Å²) in [6.45, 7) is 0.410. The highest BCUT2D eigenvalue weighted by atomic mass is 16.5. The Balaban J connectivity index is 0.000000307. The predicted octanol–water partition coefficient (Wildman–Crippen LogP) is -0.791. The van der Waals surface area contributed by atoms with Crippen LogP contribution in [0.5, 0.6) is 0 Å². The van der Waals surface area contributed by atoms with Gasteiger partial charge >= 0.3 is 11.9 Å². The second kappa shape index (κ2) is 9.27. The summed E-state index contributed by atoms with van der Waals surface area (Å²) < 4.78 is 6.78. The fourth-order valence-corrected chi connectivity index (χ4v) is 1.64. The number of carboxylic acids is 2. The van der Waals surface area contributed by atoms with Gasteiger partial charge < -0.3 is 35.3 Å². The van der Waals surface area contributed by atoms with Gasteiger partial charge in [-0.2, -0.15) is 0 Å². The maximum Gasteiger partial charge on any atom is 0.303 e. The molecule has 11 heteroatoms. The minimum atomic E-state index is -1.08. The molecule has 132 valence electrons. The summed E-state index contributed by atoms with van der Waals surface area (Å²) in [5.74, 6) is -1.87. The molecule has 0 aliphatic heterocycles. The smallest absolute Gasteiger partial charge is 0.303 e. The Kier molecular flexibility index (Phi) is 7.39. The van der Waals surface area contributed by atoms with Gasteiger partial charge in [0.05, 0.1) is 37.9 Å². The first kappa shape index (κ1) is 19.1. The highest BCUT2D eigenvalue weighted by Gasteiger charge is 2.07. The van der Waals surface area contributed by atoms with Gasteiger partial charge in [-0.1, -0.05) is 0 Å². The van der Waals surface area contributed by atoms with E-state index in [-0.39, 0.29) is 44.2 Å². The number of anilines is 1. The number of carbonyl (C=O) groups is 2. The Morgan fingerprint density at radius 2 is 1.92 bits per heavy atom. The first-order valence-corrected chi connectivity index (χ1v) is 6.81. The molecule has 2 heterocycles. The number of aliphatic hydroxyl groups is 1. The minimum Gasteiger partial charge on any atom is -0.481 e. The number of H-pyrrole nitrogens is 1. The van der Waals surface area contributed by atoms with Gasteiger partial charge in [0.2, 0.25) is 0 Å². The number of ether oxygens (including phenoxy) is 1. The zero-order valence-electron chi connectivity index (χ0n) is 12.6. The molecule has 11 nitrogen and oxygen atoms in total. The van der Waals surface area contributed by atoms with Crippen LogP contribution in [0.25, 0.3) is 11.0 Å². The summed E-state index contributed by atoms with van der Waals surface area (Å²) >= 11 is 0. The van der Waals surface area contributed by atoms with Crippen molar-refractivity contribution in [3.63, 3.8) is 0 Å². The van der Waals surface area contributed by atoms with Crippen LogP contribution in [0, 0.1) is 0 Å². The number of aliphatic carboxylic acids is 2. The summed E-state index contributed by atoms with van der Waals surface area (Å²) in [5, 5.41) is 24.4. The second-order valence-corrected chi connectivity index (χ2v) is 4.55. The third kappa shape index (κ3) is 6.06.